The highest BCUT2D eigenvalue weighted by atomic mass is 16.2. The van der Waals surface area contributed by atoms with Crippen molar-refractivity contribution in [3.63, 3.8) is 0 Å². The standard InChI is InChI=1S/C20H21N3O/c1-14(2)10-18-20(24)23(19-9-4-3-8-17(19)22-18)13-16-7-5-6-15(11-16)12-21/h3-9,11,14,18,22H,10,13H2,1-2H3. The number of para-hydroxylation sites is 2. The summed E-state index contributed by atoms with van der Waals surface area (Å²) in [4.78, 5) is 14.8. The second kappa shape index (κ2) is 6.76. The summed E-state index contributed by atoms with van der Waals surface area (Å²) in [6.45, 7) is 4.72. The van der Waals surface area contributed by atoms with Crippen LogP contribution in [-0.2, 0) is 11.3 Å². The van der Waals surface area contributed by atoms with Crippen molar-refractivity contribution in [3.8, 4) is 6.07 Å². The Morgan fingerprint density at radius 1 is 1.21 bits per heavy atom. The molecule has 1 amide bonds. The van der Waals surface area contributed by atoms with Crippen LogP contribution in [0.1, 0.15) is 31.4 Å². The average molecular weight is 319 g/mol. The normalized spacial score (nSPS) is 16.5. The van der Waals surface area contributed by atoms with E-state index in [4.69, 9.17) is 5.26 Å². The van der Waals surface area contributed by atoms with Crippen LogP contribution in [0.2, 0.25) is 0 Å². The van der Waals surface area contributed by atoms with Crippen molar-refractivity contribution in [1.82, 2.24) is 0 Å². The predicted octanol–water partition coefficient (Wildman–Crippen LogP) is 3.93. The van der Waals surface area contributed by atoms with Gasteiger partial charge < -0.3 is 10.2 Å². The highest BCUT2D eigenvalue weighted by molar-refractivity contribution is 6.04. The van der Waals surface area contributed by atoms with Gasteiger partial charge in [-0.3, -0.25) is 4.79 Å². The summed E-state index contributed by atoms with van der Waals surface area (Å²) in [6.07, 6.45) is 0.794. The van der Waals surface area contributed by atoms with Gasteiger partial charge in [0.2, 0.25) is 5.91 Å². The Morgan fingerprint density at radius 3 is 2.75 bits per heavy atom. The molecule has 0 aliphatic carbocycles. The van der Waals surface area contributed by atoms with Crippen LogP contribution in [-0.4, -0.2) is 11.9 Å². The van der Waals surface area contributed by atoms with Crippen LogP contribution in [0.4, 0.5) is 11.4 Å². The summed E-state index contributed by atoms with van der Waals surface area (Å²) in [5, 5.41) is 12.5. The lowest BCUT2D eigenvalue weighted by atomic mass is 9.98. The number of carbonyl (C=O) groups excluding carboxylic acids is 1. The molecule has 3 rings (SSSR count). The van der Waals surface area contributed by atoms with Crippen molar-refractivity contribution in [3.05, 3.63) is 59.7 Å². The number of nitriles is 1. The number of fused-ring (bicyclic) bond motifs is 1. The molecule has 1 N–H and O–H groups in total. The van der Waals surface area contributed by atoms with Gasteiger partial charge in [-0.15, -0.1) is 0 Å². The molecule has 2 aromatic rings. The molecule has 0 saturated heterocycles. The van der Waals surface area contributed by atoms with E-state index in [1.54, 1.807) is 6.07 Å². The van der Waals surface area contributed by atoms with Crippen LogP contribution in [0.25, 0.3) is 0 Å². The Labute approximate surface area is 142 Å². The maximum atomic E-state index is 13.0. The summed E-state index contributed by atoms with van der Waals surface area (Å²) in [6, 6.07) is 17.3. The van der Waals surface area contributed by atoms with Gasteiger partial charge in [0.15, 0.2) is 0 Å². The van der Waals surface area contributed by atoms with E-state index in [1.807, 2.05) is 47.4 Å². The van der Waals surface area contributed by atoms with Crippen LogP contribution in [0.5, 0.6) is 0 Å². The second-order valence-electron chi connectivity index (χ2n) is 6.58. The summed E-state index contributed by atoms with van der Waals surface area (Å²) >= 11 is 0. The topological polar surface area (TPSA) is 56.1 Å². The first-order chi connectivity index (χ1) is 11.6. The Kier molecular flexibility index (Phi) is 4.52. The molecule has 0 aromatic heterocycles. The zero-order chi connectivity index (χ0) is 17.1. The highest BCUT2D eigenvalue weighted by Crippen LogP contribution is 2.33. The molecule has 0 radical (unpaired) electrons. The fourth-order valence-electron chi connectivity index (χ4n) is 3.10. The molecule has 1 aliphatic heterocycles. The highest BCUT2D eigenvalue weighted by Gasteiger charge is 2.32. The maximum absolute atomic E-state index is 13.0. The lowest BCUT2D eigenvalue weighted by Gasteiger charge is -2.36. The van der Waals surface area contributed by atoms with E-state index in [2.05, 4.69) is 25.2 Å². The molecule has 1 atom stereocenters. The molecule has 2 aromatic carbocycles. The van der Waals surface area contributed by atoms with Crippen molar-refractivity contribution >= 4 is 17.3 Å². The molecule has 4 nitrogen and oxygen atoms in total. The molecule has 24 heavy (non-hydrogen) atoms. The van der Waals surface area contributed by atoms with Gasteiger partial charge in [-0.25, -0.2) is 0 Å². The van der Waals surface area contributed by atoms with Gasteiger partial charge in [0.1, 0.15) is 6.04 Å². The van der Waals surface area contributed by atoms with Gasteiger partial charge in [0, 0.05) is 0 Å². The number of hydrogen-bond donors (Lipinski definition) is 1. The van der Waals surface area contributed by atoms with Gasteiger partial charge in [-0.1, -0.05) is 38.1 Å². The van der Waals surface area contributed by atoms with Gasteiger partial charge >= 0.3 is 0 Å². The predicted molar refractivity (Wildman–Crippen MR) is 95.7 cm³/mol. The van der Waals surface area contributed by atoms with E-state index >= 15 is 0 Å². The van der Waals surface area contributed by atoms with E-state index in [0.29, 0.717) is 18.0 Å². The zero-order valence-corrected chi connectivity index (χ0v) is 14.0. The lowest BCUT2D eigenvalue weighted by Crippen LogP contribution is -2.47. The van der Waals surface area contributed by atoms with Crippen LogP contribution in [0.15, 0.2) is 48.5 Å². The third kappa shape index (κ3) is 3.26. The number of carbonyl (C=O) groups is 1. The minimum Gasteiger partial charge on any atom is -0.372 e. The Hall–Kier alpha value is -2.80. The molecule has 0 fully saturated rings. The molecule has 0 bridgehead atoms. The monoisotopic (exact) mass is 319 g/mol. The summed E-state index contributed by atoms with van der Waals surface area (Å²) < 4.78 is 0. The molecular weight excluding hydrogens is 298 g/mol. The average Bonchev–Trinajstić information content (AvgIpc) is 2.58. The second-order valence-corrected chi connectivity index (χ2v) is 6.58. The summed E-state index contributed by atoms with van der Waals surface area (Å²) in [7, 11) is 0. The number of nitrogens with zero attached hydrogens (tertiary/aromatic N) is 2. The number of nitrogens with one attached hydrogen (secondary N) is 1. The van der Waals surface area contributed by atoms with Crippen molar-refractivity contribution < 1.29 is 4.79 Å². The van der Waals surface area contributed by atoms with Gasteiger partial charge in [0.05, 0.1) is 29.6 Å². The maximum Gasteiger partial charge on any atom is 0.249 e. The molecule has 0 saturated carbocycles. The van der Waals surface area contributed by atoms with Gasteiger partial charge in [-0.2, -0.15) is 5.26 Å². The smallest absolute Gasteiger partial charge is 0.249 e. The number of amides is 1. The van der Waals surface area contributed by atoms with Crippen molar-refractivity contribution in [2.75, 3.05) is 10.2 Å². The Morgan fingerprint density at radius 2 is 2.00 bits per heavy atom. The van der Waals surface area contributed by atoms with Crippen LogP contribution in [0, 0.1) is 17.2 Å². The first kappa shape index (κ1) is 16.1. The van der Waals surface area contributed by atoms with E-state index in [9.17, 15) is 4.79 Å². The number of benzene rings is 2. The molecule has 4 heteroatoms. The van der Waals surface area contributed by atoms with Crippen LogP contribution >= 0.6 is 0 Å². The molecule has 1 heterocycles. The fourth-order valence-corrected chi connectivity index (χ4v) is 3.10. The van der Waals surface area contributed by atoms with E-state index in [0.717, 1.165) is 23.4 Å². The van der Waals surface area contributed by atoms with E-state index in [-0.39, 0.29) is 11.9 Å². The van der Waals surface area contributed by atoms with E-state index < -0.39 is 0 Å². The quantitative estimate of drug-likeness (QED) is 0.929. The fraction of sp³-hybridized carbons (Fsp3) is 0.300. The molecule has 122 valence electrons. The SMILES string of the molecule is CC(C)CC1Nc2ccccc2N(Cc2cccc(C#N)c2)C1=O. The first-order valence-electron chi connectivity index (χ1n) is 8.24. The van der Waals surface area contributed by atoms with Gasteiger partial charge in [0.25, 0.3) is 0 Å². The third-order valence-electron chi connectivity index (χ3n) is 4.19. The number of anilines is 2. The number of rotatable bonds is 4. The van der Waals surface area contributed by atoms with E-state index in [1.165, 1.54) is 0 Å². The molecule has 1 unspecified atom stereocenters. The van der Waals surface area contributed by atoms with Crippen molar-refractivity contribution in [2.45, 2.75) is 32.9 Å². The lowest BCUT2D eigenvalue weighted by molar-refractivity contribution is -0.120. The largest absolute Gasteiger partial charge is 0.372 e. The molecular formula is C20H21N3O. The zero-order valence-electron chi connectivity index (χ0n) is 14.0. The summed E-state index contributed by atoms with van der Waals surface area (Å²) in [5.74, 6) is 0.519. The van der Waals surface area contributed by atoms with Crippen molar-refractivity contribution in [2.24, 2.45) is 5.92 Å². The number of hydrogen-bond acceptors (Lipinski definition) is 3. The molecule has 0 spiro atoms. The molecule has 1 aliphatic rings. The first-order valence-corrected chi connectivity index (χ1v) is 8.24. The minimum atomic E-state index is -0.209. The Balaban J connectivity index is 1.94. The Bertz CT molecular complexity index is 791. The van der Waals surface area contributed by atoms with Crippen LogP contribution in [0.3, 0.4) is 0 Å². The van der Waals surface area contributed by atoms with Gasteiger partial charge in [-0.05, 0) is 42.2 Å². The third-order valence-corrected chi connectivity index (χ3v) is 4.19. The van der Waals surface area contributed by atoms with Crippen LogP contribution < -0.4 is 10.2 Å². The summed E-state index contributed by atoms with van der Waals surface area (Å²) in [5.41, 5.74) is 3.45. The minimum absolute atomic E-state index is 0.0877. The van der Waals surface area contributed by atoms with Crippen molar-refractivity contribution in [1.29, 1.82) is 5.26 Å².